The number of allylic oxidation sites excluding steroid dienone is 2. The lowest BCUT2D eigenvalue weighted by atomic mass is 10.0. The number of rotatable bonds is 6. The lowest BCUT2D eigenvalue weighted by Gasteiger charge is -2.32. The van der Waals surface area contributed by atoms with Gasteiger partial charge in [0.2, 0.25) is 5.91 Å². The van der Waals surface area contributed by atoms with Crippen LogP contribution in [0.25, 0.3) is 0 Å². The molecular weight excluding hydrogens is 272 g/mol. The number of nitrogens with two attached hydrogens (primary N) is 1. The van der Waals surface area contributed by atoms with E-state index in [-0.39, 0.29) is 17.9 Å². The van der Waals surface area contributed by atoms with Crippen molar-refractivity contribution in [1.82, 2.24) is 4.90 Å². The maximum absolute atomic E-state index is 12.7. The highest BCUT2D eigenvalue weighted by atomic mass is 16.2. The van der Waals surface area contributed by atoms with Crippen LogP contribution in [0.5, 0.6) is 0 Å². The average molecular weight is 298 g/mol. The number of amides is 1. The van der Waals surface area contributed by atoms with Gasteiger partial charge < -0.3 is 10.6 Å². The average Bonchev–Trinajstić information content (AvgIpc) is 2.59. The molecule has 22 heavy (non-hydrogen) atoms. The monoisotopic (exact) mass is 298 g/mol. The standard InChI is InChI=1S/C19H26N2O/c1-3-15(2)19(22)21(18-7-5-4-6-8-18)14-17-11-9-16(13-20)10-12-17/h4-7,9-12,15,18H,3,8,13-14,20H2,1-2H3. The zero-order valence-corrected chi connectivity index (χ0v) is 13.5. The van der Waals surface area contributed by atoms with Crippen LogP contribution < -0.4 is 5.73 Å². The van der Waals surface area contributed by atoms with Crippen LogP contribution in [0, 0.1) is 5.92 Å². The van der Waals surface area contributed by atoms with Crippen LogP contribution in [0.15, 0.2) is 48.6 Å². The minimum absolute atomic E-state index is 0.0580. The number of hydrogen-bond donors (Lipinski definition) is 1. The third kappa shape index (κ3) is 4.08. The molecule has 0 saturated carbocycles. The van der Waals surface area contributed by atoms with E-state index in [1.54, 1.807) is 0 Å². The molecule has 1 aromatic rings. The Morgan fingerprint density at radius 2 is 1.95 bits per heavy atom. The second-order valence-corrected chi connectivity index (χ2v) is 5.91. The summed E-state index contributed by atoms with van der Waals surface area (Å²) in [4.78, 5) is 14.8. The first-order chi connectivity index (χ1) is 10.7. The van der Waals surface area contributed by atoms with Gasteiger partial charge >= 0.3 is 0 Å². The van der Waals surface area contributed by atoms with Gasteiger partial charge in [0.1, 0.15) is 0 Å². The highest BCUT2D eigenvalue weighted by Crippen LogP contribution is 2.20. The van der Waals surface area contributed by atoms with Gasteiger partial charge in [-0.1, -0.05) is 62.4 Å². The molecule has 1 aliphatic carbocycles. The summed E-state index contributed by atoms with van der Waals surface area (Å²) in [5, 5.41) is 0. The quantitative estimate of drug-likeness (QED) is 0.875. The van der Waals surface area contributed by atoms with Gasteiger partial charge in [-0.3, -0.25) is 4.79 Å². The van der Waals surface area contributed by atoms with E-state index in [0.29, 0.717) is 13.1 Å². The van der Waals surface area contributed by atoms with Crippen LogP contribution in [-0.4, -0.2) is 16.8 Å². The van der Waals surface area contributed by atoms with Crippen molar-refractivity contribution in [2.24, 2.45) is 11.7 Å². The fraction of sp³-hybridized carbons (Fsp3) is 0.421. The van der Waals surface area contributed by atoms with Crippen LogP contribution in [0.1, 0.15) is 37.8 Å². The predicted molar refractivity (Wildman–Crippen MR) is 91.0 cm³/mol. The molecule has 0 aliphatic heterocycles. The highest BCUT2D eigenvalue weighted by Gasteiger charge is 2.25. The molecular formula is C19H26N2O. The zero-order valence-electron chi connectivity index (χ0n) is 13.5. The van der Waals surface area contributed by atoms with Crippen LogP contribution in [0.2, 0.25) is 0 Å². The molecule has 1 aromatic carbocycles. The number of carbonyl (C=O) groups is 1. The zero-order chi connectivity index (χ0) is 15.9. The van der Waals surface area contributed by atoms with Crippen molar-refractivity contribution in [1.29, 1.82) is 0 Å². The van der Waals surface area contributed by atoms with Gasteiger partial charge in [0.05, 0.1) is 6.04 Å². The van der Waals surface area contributed by atoms with E-state index < -0.39 is 0 Å². The fourth-order valence-electron chi connectivity index (χ4n) is 2.59. The largest absolute Gasteiger partial charge is 0.331 e. The first kappa shape index (κ1) is 16.5. The second-order valence-electron chi connectivity index (χ2n) is 5.91. The van der Waals surface area contributed by atoms with Crippen molar-refractivity contribution in [2.75, 3.05) is 0 Å². The molecule has 0 bridgehead atoms. The summed E-state index contributed by atoms with van der Waals surface area (Å²) in [6.07, 6.45) is 10.1. The van der Waals surface area contributed by atoms with Crippen molar-refractivity contribution < 1.29 is 4.79 Å². The van der Waals surface area contributed by atoms with Gasteiger partial charge in [0, 0.05) is 19.0 Å². The Morgan fingerprint density at radius 1 is 1.27 bits per heavy atom. The summed E-state index contributed by atoms with van der Waals surface area (Å²) >= 11 is 0. The molecule has 0 fully saturated rings. The fourth-order valence-corrected chi connectivity index (χ4v) is 2.59. The second kappa shape index (κ2) is 7.95. The Bertz CT molecular complexity index is 545. The molecule has 2 atom stereocenters. The van der Waals surface area contributed by atoms with Gasteiger partial charge in [-0.25, -0.2) is 0 Å². The maximum atomic E-state index is 12.7. The van der Waals surface area contributed by atoms with Gasteiger partial charge in [-0.05, 0) is 24.0 Å². The summed E-state index contributed by atoms with van der Waals surface area (Å²) in [6.45, 7) is 5.27. The van der Waals surface area contributed by atoms with Crippen molar-refractivity contribution in [3.8, 4) is 0 Å². The lowest BCUT2D eigenvalue weighted by molar-refractivity contribution is -0.137. The topological polar surface area (TPSA) is 46.3 Å². The first-order valence-electron chi connectivity index (χ1n) is 8.07. The summed E-state index contributed by atoms with van der Waals surface area (Å²) < 4.78 is 0. The molecule has 0 aromatic heterocycles. The molecule has 1 amide bonds. The number of nitrogens with zero attached hydrogens (tertiary/aromatic N) is 1. The van der Waals surface area contributed by atoms with Crippen LogP contribution in [-0.2, 0) is 17.9 Å². The predicted octanol–water partition coefficient (Wildman–Crippen LogP) is 3.40. The van der Waals surface area contributed by atoms with E-state index in [1.165, 1.54) is 0 Å². The van der Waals surface area contributed by atoms with Crippen molar-refractivity contribution in [3.63, 3.8) is 0 Å². The molecule has 0 heterocycles. The van der Waals surface area contributed by atoms with E-state index in [1.807, 2.05) is 36.1 Å². The summed E-state index contributed by atoms with van der Waals surface area (Å²) in [5.41, 5.74) is 7.91. The smallest absolute Gasteiger partial charge is 0.226 e. The molecule has 3 heteroatoms. The molecule has 2 rings (SSSR count). The summed E-state index contributed by atoms with van der Waals surface area (Å²) in [5.74, 6) is 0.290. The van der Waals surface area contributed by atoms with E-state index in [2.05, 4.69) is 31.2 Å². The van der Waals surface area contributed by atoms with Gasteiger partial charge in [0.15, 0.2) is 0 Å². The van der Waals surface area contributed by atoms with Crippen LogP contribution >= 0.6 is 0 Å². The van der Waals surface area contributed by atoms with Crippen LogP contribution in [0.3, 0.4) is 0 Å². The van der Waals surface area contributed by atoms with Crippen LogP contribution in [0.4, 0.5) is 0 Å². The van der Waals surface area contributed by atoms with Crippen molar-refractivity contribution >= 4 is 5.91 Å². The van der Waals surface area contributed by atoms with Crippen molar-refractivity contribution in [3.05, 3.63) is 59.7 Å². The normalized spacial score (nSPS) is 18.2. The van der Waals surface area contributed by atoms with E-state index in [9.17, 15) is 4.79 Å². The lowest BCUT2D eigenvalue weighted by Crippen LogP contribution is -2.41. The summed E-state index contributed by atoms with van der Waals surface area (Å²) in [7, 11) is 0. The van der Waals surface area contributed by atoms with E-state index >= 15 is 0 Å². The number of carbonyl (C=O) groups excluding carboxylic acids is 1. The van der Waals surface area contributed by atoms with Gasteiger partial charge in [-0.15, -0.1) is 0 Å². The third-order valence-corrected chi connectivity index (χ3v) is 4.29. The summed E-state index contributed by atoms with van der Waals surface area (Å²) in [6, 6.07) is 8.37. The minimum Gasteiger partial charge on any atom is -0.331 e. The van der Waals surface area contributed by atoms with Gasteiger partial charge in [-0.2, -0.15) is 0 Å². The Labute approximate surface area is 133 Å². The first-order valence-corrected chi connectivity index (χ1v) is 8.07. The molecule has 118 valence electrons. The molecule has 2 N–H and O–H groups in total. The molecule has 2 unspecified atom stereocenters. The SMILES string of the molecule is CCC(C)C(=O)N(Cc1ccc(CN)cc1)C1C=CC=CC1. The molecule has 0 saturated heterocycles. The molecule has 1 aliphatic rings. The van der Waals surface area contributed by atoms with Crippen molar-refractivity contribution in [2.45, 2.75) is 45.8 Å². The highest BCUT2D eigenvalue weighted by molar-refractivity contribution is 5.79. The van der Waals surface area contributed by atoms with E-state index in [4.69, 9.17) is 5.73 Å². The minimum atomic E-state index is 0.0580. The molecule has 3 nitrogen and oxygen atoms in total. The Kier molecular flexibility index (Phi) is 5.96. The van der Waals surface area contributed by atoms with Gasteiger partial charge in [0.25, 0.3) is 0 Å². The van der Waals surface area contributed by atoms with E-state index in [0.717, 1.165) is 24.0 Å². The number of benzene rings is 1. The molecule has 0 radical (unpaired) electrons. The maximum Gasteiger partial charge on any atom is 0.226 e. The Hall–Kier alpha value is -1.87. The molecule has 0 spiro atoms. The third-order valence-electron chi connectivity index (χ3n) is 4.29. The Morgan fingerprint density at radius 3 is 2.50 bits per heavy atom. The number of hydrogen-bond acceptors (Lipinski definition) is 2. The Balaban J connectivity index is 2.17.